The third-order valence-corrected chi connectivity index (χ3v) is 4.40. The van der Waals surface area contributed by atoms with Crippen molar-refractivity contribution >= 4 is 15.9 Å². The molecule has 18 heavy (non-hydrogen) atoms. The van der Waals surface area contributed by atoms with Gasteiger partial charge in [-0.05, 0) is 48.0 Å². The highest BCUT2D eigenvalue weighted by atomic mass is 79.9. The van der Waals surface area contributed by atoms with E-state index in [9.17, 15) is 0 Å². The van der Waals surface area contributed by atoms with Crippen molar-refractivity contribution in [3.63, 3.8) is 0 Å². The van der Waals surface area contributed by atoms with Gasteiger partial charge in [-0.15, -0.1) is 0 Å². The Kier molecular flexibility index (Phi) is 4.01. The van der Waals surface area contributed by atoms with Crippen LogP contribution in [-0.4, -0.2) is 35.1 Å². The van der Waals surface area contributed by atoms with E-state index in [0.29, 0.717) is 18.1 Å². The first-order valence-electron chi connectivity index (χ1n) is 6.85. The molecule has 1 saturated carbocycles. The average molecular weight is 314 g/mol. The summed E-state index contributed by atoms with van der Waals surface area (Å²) in [6.45, 7) is 1.80. The van der Waals surface area contributed by atoms with Gasteiger partial charge in [0.25, 0.3) is 0 Å². The van der Waals surface area contributed by atoms with Crippen LogP contribution >= 0.6 is 15.9 Å². The van der Waals surface area contributed by atoms with E-state index in [4.69, 9.17) is 4.74 Å². The molecule has 5 heteroatoms. The van der Waals surface area contributed by atoms with Crippen molar-refractivity contribution in [1.82, 2.24) is 15.1 Å². The van der Waals surface area contributed by atoms with Crippen LogP contribution in [0.25, 0.3) is 0 Å². The van der Waals surface area contributed by atoms with Gasteiger partial charge in [0.1, 0.15) is 0 Å². The Morgan fingerprint density at radius 3 is 3.00 bits per heavy atom. The molecule has 3 atom stereocenters. The number of hydrogen-bond acceptors (Lipinski definition) is 3. The topological polar surface area (TPSA) is 39.1 Å². The smallest absolute Gasteiger partial charge is 0.0632 e. The predicted molar refractivity (Wildman–Crippen MR) is 73.6 cm³/mol. The highest BCUT2D eigenvalue weighted by Crippen LogP contribution is 2.29. The highest BCUT2D eigenvalue weighted by Gasteiger charge is 2.26. The van der Waals surface area contributed by atoms with E-state index < -0.39 is 0 Å². The Labute approximate surface area is 116 Å². The van der Waals surface area contributed by atoms with Crippen molar-refractivity contribution in [2.24, 2.45) is 0 Å². The van der Waals surface area contributed by atoms with Gasteiger partial charge in [-0.3, -0.25) is 4.68 Å². The van der Waals surface area contributed by atoms with E-state index in [1.807, 2.05) is 6.20 Å². The van der Waals surface area contributed by atoms with Crippen molar-refractivity contribution in [1.29, 1.82) is 0 Å². The van der Waals surface area contributed by atoms with Gasteiger partial charge in [0.15, 0.2) is 0 Å². The SMILES string of the molecule is Brc1cnn([C@@H]2CCC[C@@H](N[C@@H]3CCOC3)C2)c1. The second kappa shape index (κ2) is 5.72. The lowest BCUT2D eigenvalue weighted by atomic mass is 9.90. The number of aromatic nitrogens is 2. The summed E-state index contributed by atoms with van der Waals surface area (Å²) < 4.78 is 8.61. The molecule has 0 bridgehead atoms. The molecule has 0 aromatic carbocycles. The molecule has 100 valence electrons. The van der Waals surface area contributed by atoms with Crippen LogP contribution in [0.2, 0.25) is 0 Å². The van der Waals surface area contributed by atoms with Gasteiger partial charge < -0.3 is 10.1 Å². The molecule has 0 unspecified atom stereocenters. The van der Waals surface area contributed by atoms with Crippen LogP contribution in [0.1, 0.15) is 38.1 Å². The molecule has 4 nitrogen and oxygen atoms in total. The first-order chi connectivity index (χ1) is 8.81. The fourth-order valence-electron chi connectivity index (χ4n) is 3.07. The van der Waals surface area contributed by atoms with Crippen molar-refractivity contribution < 1.29 is 4.74 Å². The molecular formula is C13H20BrN3O. The van der Waals surface area contributed by atoms with Crippen molar-refractivity contribution in [3.05, 3.63) is 16.9 Å². The lowest BCUT2D eigenvalue weighted by Gasteiger charge is -2.31. The summed E-state index contributed by atoms with van der Waals surface area (Å²) in [5, 5.41) is 8.17. The van der Waals surface area contributed by atoms with Crippen LogP contribution in [0.15, 0.2) is 16.9 Å². The maximum atomic E-state index is 5.43. The summed E-state index contributed by atoms with van der Waals surface area (Å²) in [6, 6.07) is 1.74. The Hall–Kier alpha value is -0.390. The Bertz CT molecular complexity index is 389. The molecule has 1 aliphatic heterocycles. The van der Waals surface area contributed by atoms with Gasteiger partial charge in [0, 0.05) is 24.9 Å². The van der Waals surface area contributed by atoms with Gasteiger partial charge in [-0.25, -0.2) is 0 Å². The zero-order valence-electron chi connectivity index (χ0n) is 10.5. The number of nitrogens with zero attached hydrogens (tertiary/aromatic N) is 2. The van der Waals surface area contributed by atoms with Gasteiger partial charge in [-0.1, -0.05) is 0 Å². The largest absolute Gasteiger partial charge is 0.380 e. The number of ether oxygens (including phenoxy) is 1. The molecule has 0 amide bonds. The summed E-state index contributed by atoms with van der Waals surface area (Å²) in [5.74, 6) is 0. The molecule has 2 fully saturated rings. The third-order valence-electron chi connectivity index (χ3n) is 3.99. The lowest BCUT2D eigenvalue weighted by Crippen LogP contribution is -2.41. The van der Waals surface area contributed by atoms with Crippen molar-refractivity contribution in [3.8, 4) is 0 Å². The van der Waals surface area contributed by atoms with Crippen LogP contribution < -0.4 is 5.32 Å². The minimum atomic E-state index is 0.546. The van der Waals surface area contributed by atoms with Crippen LogP contribution in [0, 0.1) is 0 Å². The fourth-order valence-corrected chi connectivity index (χ4v) is 3.37. The average Bonchev–Trinajstić information content (AvgIpc) is 3.01. The van der Waals surface area contributed by atoms with Crippen molar-refractivity contribution in [2.45, 2.75) is 50.2 Å². The normalized spacial score (nSPS) is 32.8. The number of hydrogen-bond donors (Lipinski definition) is 1. The second-order valence-electron chi connectivity index (χ2n) is 5.38. The Balaban J connectivity index is 1.57. The van der Waals surface area contributed by atoms with Crippen LogP contribution in [0.4, 0.5) is 0 Å². The van der Waals surface area contributed by atoms with E-state index in [2.05, 4.69) is 37.2 Å². The monoisotopic (exact) mass is 313 g/mol. The van der Waals surface area contributed by atoms with E-state index in [0.717, 1.165) is 24.1 Å². The van der Waals surface area contributed by atoms with E-state index in [-0.39, 0.29) is 0 Å². The molecule has 1 N–H and O–H groups in total. The highest BCUT2D eigenvalue weighted by molar-refractivity contribution is 9.10. The third kappa shape index (κ3) is 2.95. The van der Waals surface area contributed by atoms with Gasteiger partial charge in [0.05, 0.1) is 23.3 Å². The van der Waals surface area contributed by atoms with Crippen LogP contribution in [0.3, 0.4) is 0 Å². The number of halogens is 1. The molecule has 1 aliphatic carbocycles. The fraction of sp³-hybridized carbons (Fsp3) is 0.769. The molecule has 1 saturated heterocycles. The summed E-state index contributed by atoms with van der Waals surface area (Å²) in [5.41, 5.74) is 0. The standard InChI is InChI=1S/C13H20BrN3O/c14-10-7-15-17(8-10)13-3-1-2-11(6-13)16-12-4-5-18-9-12/h7-8,11-13,16H,1-6,9H2/t11-,12-,13-/m1/s1. The summed E-state index contributed by atoms with van der Waals surface area (Å²) in [7, 11) is 0. The molecule has 1 aromatic heterocycles. The maximum absolute atomic E-state index is 5.43. The number of rotatable bonds is 3. The predicted octanol–water partition coefficient (Wildman–Crippen LogP) is 2.51. The van der Waals surface area contributed by atoms with E-state index >= 15 is 0 Å². The molecule has 0 radical (unpaired) electrons. The summed E-state index contributed by atoms with van der Waals surface area (Å²) in [4.78, 5) is 0. The van der Waals surface area contributed by atoms with Gasteiger partial charge in [0.2, 0.25) is 0 Å². The summed E-state index contributed by atoms with van der Waals surface area (Å²) >= 11 is 3.47. The zero-order valence-corrected chi connectivity index (χ0v) is 12.1. The molecular weight excluding hydrogens is 294 g/mol. The summed E-state index contributed by atoms with van der Waals surface area (Å²) in [6.07, 6.45) is 10.1. The molecule has 2 heterocycles. The molecule has 3 rings (SSSR count). The zero-order chi connectivity index (χ0) is 12.4. The Morgan fingerprint density at radius 1 is 1.33 bits per heavy atom. The molecule has 1 aromatic rings. The lowest BCUT2D eigenvalue weighted by molar-refractivity contribution is 0.182. The first kappa shape index (κ1) is 12.6. The van der Waals surface area contributed by atoms with E-state index in [1.165, 1.54) is 25.7 Å². The van der Waals surface area contributed by atoms with Crippen LogP contribution in [-0.2, 0) is 4.74 Å². The Morgan fingerprint density at radius 2 is 2.28 bits per heavy atom. The molecule has 2 aliphatic rings. The number of nitrogens with one attached hydrogen (secondary N) is 1. The van der Waals surface area contributed by atoms with E-state index in [1.54, 1.807) is 0 Å². The minimum Gasteiger partial charge on any atom is -0.380 e. The maximum Gasteiger partial charge on any atom is 0.0632 e. The quantitative estimate of drug-likeness (QED) is 0.932. The minimum absolute atomic E-state index is 0.546. The van der Waals surface area contributed by atoms with Gasteiger partial charge in [-0.2, -0.15) is 5.10 Å². The second-order valence-corrected chi connectivity index (χ2v) is 6.30. The van der Waals surface area contributed by atoms with Crippen LogP contribution in [0.5, 0.6) is 0 Å². The first-order valence-corrected chi connectivity index (χ1v) is 7.64. The van der Waals surface area contributed by atoms with Crippen molar-refractivity contribution in [2.75, 3.05) is 13.2 Å². The van der Waals surface area contributed by atoms with Gasteiger partial charge >= 0.3 is 0 Å². The molecule has 0 spiro atoms.